The fourth-order valence-corrected chi connectivity index (χ4v) is 6.88. The summed E-state index contributed by atoms with van der Waals surface area (Å²) in [6, 6.07) is 66.9. The molecule has 0 atom stereocenters. The van der Waals surface area contributed by atoms with Crippen molar-refractivity contribution in [3.05, 3.63) is 188 Å². The van der Waals surface area contributed by atoms with Crippen LogP contribution in [-0.2, 0) is 0 Å². The fourth-order valence-electron chi connectivity index (χ4n) is 6.88. The van der Waals surface area contributed by atoms with Gasteiger partial charge in [0.05, 0.1) is 5.69 Å². The minimum absolute atomic E-state index is 0.912. The van der Waals surface area contributed by atoms with E-state index in [1.54, 1.807) is 0 Å². The van der Waals surface area contributed by atoms with E-state index in [4.69, 9.17) is 4.42 Å². The van der Waals surface area contributed by atoms with Gasteiger partial charge in [-0.25, -0.2) is 0 Å². The molecule has 0 spiro atoms. The van der Waals surface area contributed by atoms with Gasteiger partial charge in [-0.15, -0.1) is 0 Å². The van der Waals surface area contributed by atoms with Crippen LogP contribution in [0.15, 0.2) is 192 Å². The third-order valence-corrected chi connectivity index (χ3v) is 9.28. The molecule has 0 fully saturated rings. The average Bonchev–Trinajstić information content (AvgIpc) is 3.56. The van der Waals surface area contributed by atoms with Crippen molar-refractivity contribution < 1.29 is 4.42 Å². The molecule has 0 aliphatic carbocycles. The molecule has 48 heavy (non-hydrogen) atoms. The Labute approximate surface area is 279 Å². The van der Waals surface area contributed by atoms with Crippen LogP contribution in [0.5, 0.6) is 0 Å². The molecular weight excluding hydrogens is 583 g/mol. The number of fused-ring (bicyclic) bond motifs is 5. The standard InChI is InChI=1S/C46H31NO/c1-3-11-32(12-4-1)34-21-26-38(27-22-34)47(39-28-23-35(24-29-39)33-13-5-2-6-14-33)44-17-9-7-15-40(44)37-20-19-36-25-30-42-41-16-8-10-18-45(41)48-46(42)43(36)31-37/h1-31H. The molecule has 8 aromatic carbocycles. The highest BCUT2D eigenvalue weighted by Crippen LogP contribution is 2.43. The van der Waals surface area contributed by atoms with Crippen molar-refractivity contribution in [2.75, 3.05) is 4.90 Å². The molecule has 0 aliphatic rings. The number of anilines is 3. The van der Waals surface area contributed by atoms with Gasteiger partial charge in [-0.05, 0) is 81.7 Å². The number of hydrogen-bond acceptors (Lipinski definition) is 2. The summed E-state index contributed by atoms with van der Waals surface area (Å²) in [5.74, 6) is 0. The van der Waals surface area contributed by atoms with Crippen molar-refractivity contribution in [1.29, 1.82) is 0 Å². The molecule has 0 radical (unpaired) electrons. The van der Waals surface area contributed by atoms with Crippen molar-refractivity contribution in [3.8, 4) is 33.4 Å². The van der Waals surface area contributed by atoms with E-state index in [1.165, 1.54) is 22.3 Å². The van der Waals surface area contributed by atoms with Gasteiger partial charge in [0.1, 0.15) is 11.2 Å². The lowest BCUT2D eigenvalue weighted by Crippen LogP contribution is -2.11. The quantitative estimate of drug-likeness (QED) is 0.185. The van der Waals surface area contributed by atoms with Crippen LogP contribution in [0.4, 0.5) is 17.1 Å². The Morgan fingerprint density at radius 1 is 0.354 bits per heavy atom. The Morgan fingerprint density at radius 2 is 0.875 bits per heavy atom. The number of hydrogen-bond donors (Lipinski definition) is 0. The molecule has 0 saturated carbocycles. The zero-order chi connectivity index (χ0) is 31.9. The van der Waals surface area contributed by atoms with Crippen LogP contribution >= 0.6 is 0 Å². The van der Waals surface area contributed by atoms with E-state index >= 15 is 0 Å². The molecule has 0 N–H and O–H groups in total. The predicted molar refractivity (Wildman–Crippen MR) is 202 cm³/mol. The average molecular weight is 614 g/mol. The molecule has 226 valence electrons. The summed E-state index contributed by atoms with van der Waals surface area (Å²) in [5, 5.41) is 4.56. The molecule has 9 rings (SSSR count). The maximum Gasteiger partial charge on any atom is 0.143 e. The van der Waals surface area contributed by atoms with Gasteiger partial charge in [0.25, 0.3) is 0 Å². The number of benzene rings is 8. The molecule has 0 unspecified atom stereocenters. The highest BCUT2D eigenvalue weighted by Gasteiger charge is 2.19. The van der Waals surface area contributed by atoms with Crippen LogP contribution in [0.25, 0.3) is 66.1 Å². The summed E-state index contributed by atoms with van der Waals surface area (Å²) in [4.78, 5) is 2.37. The summed E-state index contributed by atoms with van der Waals surface area (Å²) < 4.78 is 6.46. The summed E-state index contributed by atoms with van der Waals surface area (Å²) >= 11 is 0. The first-order valence-corrected chi connectivity index (χ1v) is 16.3. The Morgan fingerprint density at radius 3 is 1.54 bits per heavy atom. The first-order valence-electron chi connectivity index (χ1n) is 16.3. The van der Waals surface area contributed by atoms with E-state index < -0.39 is 0 Å². The lowest BCUT2D eigenvalue weighted by atomic mass is 9.97. The van der Waals surface area contributed by atoms with Crippen LogP contribution in [0.1, 0.15) is 0 Å². The van der Waals surface area contributed by atoms with Gasteiger partial charge in [0.2, 0.25) is 0 Å². The van der Waals surface area contributed by atoms with Crippen LogP contribution in [0.2, 0.25) is 0 Å². The number of para-hydroxylation sites is 2. The maximum atomic E-state index is 6.46. The van der Waals surface area contributed by atoms with Gasteiger partial charge in [0, 0.05) is 33.1 Å². The van der Waals surface area contributed by atoms with E-state index in [9.17, 15) is 0 Å². The molecule has 0 amide bonds. The van der Waals surface area contributed by atoms with E-state index in [-0.39, 0.29) is 0 Å². The van der Waals surface area contributed by atoms with Crippen molar-refractivity contribution in [2.45, 2.75) is 0 Å². The Hall–Kier alpha value is -6.38. The molecule has 1 aromatic heterocycles. The van der Waals surface area contributed by atoms with Crippen LogP contribution in [0.3, 0.4) is 0 Å². The highest BCUT2D eigenvalue weighted by molar-refractivity contribution is 6.15. The number of nitrogens with zero attached hydrogens (tertiary/aromatic N) is 1. The first kappa shape index (κ1) is 27.9. The second-order valence-electron chi connectivity index (χ2n) is 12.2. The van der Waals surface area contributed by atoms with Crippen LogP contribution < -0.4 is 4.90 Å². The van der Waals surface area contributed by atoms with Gasteiger partial charge in [-0.3, -0.25) is 0 Å². The summed E-state index contributed by atoms with van der Waals surface area (Å²) in [6.45, 7) is 0. The lowest BCUT2D eigenvalue weighted by molar-refractivity contribution is 0.672. The van der Waals surface area contributed by atoms with Gasteiger partial charge in [-0.1, -0.05) is 140 Å². The summed E-state index contributed by atoms with van der Waals surface area (Å²) in [6.07, 6.45) is 0. The van der Waals surface area contributed by atoms with Crippen molar-refractivity contribution in [3.63, 3.8) is 0 Å². The summed E-state index contributed by atoms with van der Waals surface area (Å²) in [7, 11) is 0. The second-order valence-corrected chi connectivity index (χ2v) is 12.2. The summed E-state index contributed by atoms with van der Waals surface area (Å²) in [5.41, 5.74) is 12.2. The third-order valence-electron chi connectivity index (χ3n) is 9.28. The molecule has 0 saturated heterocycles. The predicted octanol–water partition coefficient (Wildman–Crippen LogP) is 13.2. The van der Waals surface area contributed by atoms with Crippen molar-refractivity contribution in [1.82, 2.24) is 0 Å². The van der Waals surface area contributed by atoms with Gasteiger partial charge in [-0.2, -0.15) is 0 Å². The molecule has 1 heterocycles. The zero-order valence-corrected chi connectivity index (χ0v) is 26.3. The topological polar surface area (TPSA) is 16.4 Å². The van der Waals surface area contributed by atoms with E-state index in [0.717, 1.165) is 60.9 Å². The van der Waals surface area contributed by atoms with E-state index in [0.29, 0.717) is 0 Å². The molecule has 2 heteroatoms. The SMILES string of the molecule is c1ccc(-c2ccc(N(c3ccc(-c4ccccc4)cc3)c3ccccc3-c3ccc4ccc5c6ccccc6oc5c4c3)cc2)cc1. The monoisotopic (exact) mass is 613 g/mol. The second kappa shape index (κ2) is 11.8. The minimum Gasteiger partial charge on any atom is -0.455 e. The smallest absolute Gasteiger partial charge is 0.143 e. The van der Waals surface area contributed by atoms with Crippen LogP contribution in [0, 0.1) is 0 Å². The molecule has 9 aromatic rings. The number of rotatable bonds is 6. The molecule has 0 bridgehead atoms. The molecule has 0 aliphatic heterocycles. The third kappa shape index (κ3) is 4.92. The van der Waals surface area contributed by atoms with Crippen LogP contribution in [-0.4, -0.2) is 0 Å². The van der Waals surface area contributed by atoms with Gasteiger partial charge >= 0.3 is 0 Å². The van der Waals surface area contributed by atoms with Crippen molar-refractivity contribution >= 4 is 49.8 Å². The minimum atomic E-state index is 0.912. The Bertz CT molecular complexity index is 2450. The van der Waals surface area contributed by atoms with E-state index in [1.807, 2.05) is 12.1 Å². The zero-order valence-electron chi connectivity index (χ0n) is 26.3. The maximum absolute atomic E-state index is 6.46. The molecule has 2 nitrogen and oxygen atoms in total. The Kier molecular flexibility index (Phi) is 6.84. The largest absolute Gasteiger partial charge is 0.455 e. The fraction of sp³-hybridized carbons (Fsp3) is 0. The first-order chi connectivity index (χ1) is 23.8. The molecular formula is C46H31NO. The number of furan rings is 1. The van der Waals surface area contributed by atoms with Crippen molar-refractivity contribution in [2.24, 2.45) is 0 Å². The van der Waals surface area contributed by atoms with Gasteiger partial charge < -0.3 is 9.32 Å². The normalized spacial score (nSPS) is 11.3. The van der Waals surface area contributed by atoms with Gasteiger partial charge in [0.15, 0.2) is 0 Å². The highest BCUT2D eigenvalue weighted by atomic mass is 16.3. The lowest BCUT2D eigenvalue weighted by Gasteiger charge is -2.28. The van der Waals surface area contributed by atoms with E-state index in [2.05, 4.69) is 181 Å². The Balaban J connectivity index is 1.20.